The molecule has 3 heterocycles. The number of oxazole rings is 1. The average Bonchev–Trinajstić information content (AvgIpc) is 3.71. The third-order valence-corrected chi connectivity index (χ3v) is 7.97. The van der Waals surface area contributed by atoms with Crippen LogP contribution >= 0.6 is 0 Å². The van der Waals surface area contributed by atoms with Gasteiger partial charge in [-0.1, -0.05) is 109 Å². The summed E-state index contributed by atoms with van der Waals surface area (Å²) in [6, 6.07) is 44.1. The van der Waals surface area contributed by atoms with Gasteiger partial charge < -0.3 is 8.83 Å². The van der Waals surface area contributed by atoms with Crippen molar-refractivity contribution in [1.29, 1.82) is 0 Å². The summed E-state index contributed by atoms with van der Waals surface area (Å²) >= 11 is 0. The summed E-state index contributed by atoms with van der Waals surface area (Å²) in [6.07, 6.45) is 0. The molecule has 9 aromatic rings. The molecule has 0 bridgehead atoms. The Morgan fingerprint density at radius 2 is 1.02 bits per heavy atom. The quantitative estimate of drug-likeness (QED) is 0.211. The number of furan rings is 1. The van der Waals surface area contributed by atoms with Gasteiger partial charge in [-0.05, 0) is 29.7 Å². The number of para-hydroxylation sites is 1. The second-order valence-corrected chi connectivity index (χ2v) is 10.7. The minimum absolute atomic E-state index is 0.496. The highest BCUT2D eigenvalue weighted by Crippen LogP contribution is 2.40. The van der Waals surface area contributed by atoms with E-state index in [9.17, 15) is 0 Å². The van der Waals surface area contributed by atoms with Crippen LogP contribution in [0.25, 0.3) is 89.4 Å². The average molecular weight is 567 g/mol. The maximum atomic E-state index is 6.66. The lowest BCUT2D eigenvalue weighted by molar-refractivity contribution is 0.623. The van der Waals surface area contributed by atoms with Crippen molar-refractivity contribution in [3.05, 3.63) is 133 Å². The summed E-state index contributed by atoms with van der Waals surface area (Å²) in [7, 11) is 0. The van der Waals surface area contributed by atoms with Crippen LogP contribution in [0.4, 0.5) is 0 Å². The maximum Gasteiger partial charge on any atom is 0.228 e. The predicted molar refractivity (Wildman–Crippen MR) is 174 cm³/mol. The van der Waals surface area contributed by atoms with E-state index in [1.165, 1.54) is 0 Å². The Bertz CT molecular complexity index is 2440. The van der Waals surface area contributed by atoms with Gasteiger partial charge in [-0.3, -0.25) is 0 Å². The van der Waals surface area contributed by atoms with Gasteiger partial charge in [0, 0.05) is 38.4 Å². The zero-order valence-corrected chi connectivity index (χ0v) is 23.3. The molecule has 44 heavy (non-hydrogen) atoms. The van der Waals surface area contributed by atoms with Gasteiger partial charge in [0.2, 0.25) is 5.89 Å². The lowest BCUT2D eigenvalue weighted by atomic mass is 10.0. The molecule has 6 nitrogen and oxygen atoms in total. The van der Waals surface area contributed by atoms with Gasteiger partial charge in [0.15, 0.2) is 23.1 Å². The molecule has 0 fully saturated rings. The van der Waals surface area contributed by atoms with Crippen LogP contribution in [0.2, 0.25) is 0 Å². The summed E-state index contributed by atoms with van der Waals surface area (Å²) in [4.78, 5) is 19.7. The molecule has 9 rings (SSSR count). The highest BCUT2D eigenvalue weighted by molar-refractivity contribution is 6.25. The normalized spacial score (nSPS) is 11.6. The van der Waals surface area contributed by atoms with Crippen molar-refractivity contribution in [1.82, 2.24) is 19.9 Å². The first-order valence-electron chi connectivity index (χ1n) is 14.4. The molecule has 0 saturated heterocycles. The van der Waals surface area contributed by atoms with Crippen molar-refractivity contribution in [3.8, 4) is 45.6 Å². The van der Waals surface area contributed by atoms with Crippen LogP contribution in [0.3, 0.4) is 0 Å². The van der Waals surface area contributed by atoms with Crippen molar-refractivity contribution < 1.29 is 8.83 Å². The van der Waals surface area contributed by atoms with Gasteiger partial charge in [0.25, 0.3) is 0 Å². The number of aromatic nitrogens is 4. The molecule has 0 aliphatic heterocycles. The summed E-state index contributed by atoms with van der Waals surface area (Å²) in [5.74, 6) is 2.24. The van der Waals surface area contributed by atoms with Crippen molar-refractivity contribution in [3.63, 3.8) is 0 Å². The molecule has 0 atom stereocenters. The standard InChI is InChI=1S/C38H22N4O2/c1-3-11-24(12-4-1)35-40-36(25-13-5-2-6-14-25)42-37(41-35)26-15-7-8-16-27(26)38-39-29-21-19-23-20-22-31-33(32(23)34(29)44-38)28-17-9-10-18-30(28)43-31/h1-22H. The molecule has 6 aromatic carbocycles. The Kier molecular flexibility index (Phi) is 5.40. The fourth-order valence-corrected chi connectivity index (χ4v) is 5.92. The highest BCUT2D eigenvalue weighted by atomic mass is 16.3. The number of hydrogen-bond acceptors (Lipinski definition) is 6. The fourth-order valence-electron chi connectivity index (χ4n) is 5.92. The van der Waals surface area contributed by atoms with E-state index in [2.05, 4.69) is 18.2 Å². The Morgan fingerprint density at radius 1 is 0.409 bits per heavy atom. The molecule has 0 saturated carbocycles. The van der Waals surface area contributed by atoms with Gasteiger partial charge in [0.05, 0.1) is 0 Å². The van der Waals surface area contributed by atoms with Crippen molar-refractivity contribution >= 4 is 43.8 Å². The van der Waals surface area contributed by atoms with Crippen LogP contribution in [0.5, 0.6) is 0 Å². The highest BCUT2D eigenvalue weighted by Gasteiger charge is 2.21. The van der Waals surface area contributed by atoms with Crippen LogP contribution in [-0.4, -0.2) is 19.9 Å². The topological polar surface area (TPSA) is 77.8 Å². The molecule has 3 aromatic heterocycles. The number of benzene rings is 6. The maximum absolute atomic E-state index is 6.66. The first-order valence-corrected chi connectivity index (χ1v) is 14.4. The molecule has 0 radical (unpaired) electrons. The minimum atomic E-state index is 0.496. The van der Waals surface area contributed by atoms with E-state index in [1.54, 1.807) is 0 Å². The van der Waals surface area contributed by atoms with E-state index < -0.39 is 0 Å². The lowest BCUT2D eigenvalue weighted by Crippen LogP contribution is -2.01. The van der Waals surface area contributed by atoms with Crippen LogP contribution < -0.4 is 0 Å². The number of hydrogen-bond donors (Lipinski definition) is 0. The predicted octanol–water partition coefficient (Wildman–Crippen LogP) is 9.73. The van der Waals surface area contributed by atoms with Gasteiger partial charge in [-0.15, -0.1) is 0 Å². The SMILES string of the molecule is c1ccc(-c2nc(-c3ccccc3)nc(-c3ccccc3-c3nc4ccc5ccc6oc7ccccc7c6c5c4o3)n2)cc1. The zero-order chi connectivity index (χ0) is 29.0. The van der Waals surface area contributed by atoms with E-state index in [0.717, 1.165) is 66.1 Å². The molecule has 0 aliphatic carbocycles. The Balaban J connectivity index is 1.27. The summed E-state index contributed by atoms with van der Waals surface area (Å²) in [6.45, 7) is 0. The Labute approximate surface area is 251 Å². The summed E-state index contributed by atoms with van der Waals surface area (Å²) in [5, 5.41) is 4.12. The van der Waals surface area contributed by atoms with E-state index in [4.69, 9.17) is 28.8 Å². The van der Waals surface area contributed by atoms with Crippen LogP contribution in [0, 0.1) is 0 Å². The van der Waals surface area contributed by atoms with Gasteiger partial charge >= 0.3 is 0 Å². The first-order chi connectivity index (χ1) is 21.8. The van der Waals surface area contributed by atoms with Gasteiger partial charge in [-0.25, -0.2) is 19.9 Å². The molecule has 6 heteroatoms. The number of nitrogens with zero attached hydrogens (tertiary/aromatic N) is 4. The smallest absolute Gasteiger partial charge is 0.228 e. The summed E-state index contributed by atoms with van der Waals surface area (Å²) in [5.41, 5.74) is 6.57. The molecule has 206 valence electrons. The zero-order valence-electron chi connectivity index (χ0n) is 23.3. The van der Waals surface area contributed by atoms with Crippen LogP contribution in [0.15, 0.2) is 142 Å². The van der Waals surface area contributed by atoms with E-state index >= 15 is 0 Å². The lowest BCUT2D eigenvalue weighted by Gasteiger charge is -2.10. The van der Waals surface area contributed by atoms with E-state index in [0.29, 0.717) is 23.4 Å². The van der Waals surface area contributed by atoms with E-state index in [-0.39, 0.29) is 0 Å². The third kappa shape index (κ3) is 3.89. The largest absolute Gasteiger partial charge is 0.456 e. The molecular formula is C38H22N4O2. The molecule has 0 aliphatic rings. The Hall–Kier alpha value is -6.14. The molecule has 0 amide bonds. The number of fused-ring (bicyclic) bond motifs is 7. The second-order valence-electron chi connectivity index (χ2n) is 10.7. The monoisotopic (exact) mass is 566 g/mol. The molecular weight excluding hydrogens is 544 g/mol. The van der Waals surface area contributed by atoms with Gasteiger partial charge in [0.1, 0.15) is 16.7 Å². The molecule has 0 unspecified atom stereocenters. The van der Waals surface area contributed by atoms with Crippen LogP contribution in [-0.2, 0) is 0 Å². The van der Waals surface area contributed by atoms with Crippen molar-refractivity contribution in [2.45, 2.75) is 0 Å². The molecule has 0 spiro atoms. The van der Waals surface area contributed by atoms with E-state index in [1.807, 2.05) is 115 Å². The summed E-state index contributed by atoms with van der Waals surface area (Å²) < 4.78 is 12.9. The Morgan fingerprint density at radius 3 is 1.77 bits per heavy atom. The third-order valence-electron chi connectivity index (χ3n) is 7.97. The van der Waals surface area contributed by atoms with Gasteiger partial charge in [-0.2, -0.15) is 0 Å². The second kappa shape index (κ2) is 9.71. The first kappa shape index (κ1) is 24.5. The number of rotatable bonds is 4. The van der Waals surface area contributed by atoms with Crippen molar-refractivity contribution in [2.75, 3.05) is 0 Å². The van der Waals surface area contributed by atoms with Crippen molar-refractivity contribution in [2.24, 2.45) is 0 Å². The fraction of sp³-hybridized carbons (Fsp3) is 0. The van der Waals surface area contributed by atoms with Crippen LogP contribution in [0.1, 0.15) is 0 Å². The molecule has 0 N–H and O–H groups in total. The minimum Gasteiger partial charge on any atom is -0.456 e.